The molecular weight excluding hydrogens is 420 g/mol. The fourth-order valence-corrected chi connectivity index (χ4v) is 3.88. The molecule has 3 aromatic rings. The number of benzene rings is 1. The zero-order valence-corrected chi connectivity index (χ0v) is 19.5. The Morgan fingerprint density at radius 3 is 2.69 bits per heavy atom. The Kier molecular flexibility index (Phi) is 8.25. The summed E-state index contributed by atoms with van der Waals surface area (Å²) in [4.78, 5) is 23.1. The summed E-state index contributed by atoms with van der Waals surface area (Å²) in [6.45, 7) is 7.27. The summed E-state index contributed by atoms with van der Waals surface area (Å²) < 4.78 is 5.55. The summed E-state index contributed by atoms with van der Waals surface area (Å²) in [6, 6.07) is 14.7. The molecule has 0 saturated carbocycles. The van der Waals surface area contributed by atoms with Gasteiger partial charge in [0.1, 0.15) is 0 Å². The van der Waals surface area contributed by atoms with Crippen LogP contribution < -0.4 is 10.2 Å². The second kappa shape index (κ2) is 11.1. The zero-order chi connectivity index (χ0) is 21.6. The number of anilines is 1. The van der Waals surface area contributed by atoms with E-state index in [1.54, 1.807) is 12.4 Å². The minimum atomic E-state index is -0.0442. The molecule has 0 unspecified atom stereocenters. The number of carbonyl (C=O) groups is 1. The van der Waals surface area contributed by atoms with Crippen molar-refractivity contribution in [2.24, 2.45) is 0 Å². The smallest absolute Gasteiger partial charge is 0.226 e. The summed E-state index contributed by atoms with van der Waals surface area (Å²) in [5.41, 5.74) is 6.43. The van der Waals surface area contributed by atoms with Gasteiger partial charge in [-0.1, -0.05) is 12.1 Å². The Balaban J connectivity index is 0.00000289. The molecule has 1 amide bonds. The maximum Gasteiger partial charge on any atom is 0.226 e. The number of rotatable bonds is 6. The van der Waals surface area contributed by atoms with Crippen LogP contribution >= 0.6 is 13.5 Å². The Labute approximate surface area is 196 Å². The van der Waals surface area contributed by atoms with Crippen LogP contribution in [0.1, 0.15) is 23.7 Å². The third-order valence-electron chi connectivity index (χ3n) is 5.63. The first-order valence-electron chi connectivity index (χ1n) is 10.7. The Hall–Kier alpha value is -2.90. The third-order valence-corrected chi connectivity index (χ3v) is 5.63. The van der Waals surface area contributed by atoms with Crippen LogP contribution in [0.15, 0.2) is 61.1 Å². The minimum absolute atomic E-state index is 0. The quantitative estimate of drug-likeness (QED) is 0.621. The SMILES string of the molecule is Cc1cc(N2CCOC[C@@H]2C)ccc1-c1ccc(CC(=O)NCc2ccncc2)nc1.S. The molecule has 168 valence electrons. The number of carbonyl (C=O) groups excluding carboxylic acids is 1. The normalized spacial score (nSPS) is 15.7. The molecule has 0 radical (unpaired) electrons. The molecule has 0 bridgehead atoms. The van der Waals surface area contributed by atoms with Gasteiger partial charge in [0.25, 0.3) is 0 Å². The van der Waals surface area contributed by atoms with Crippen molar-refractivity contribution in [3.05, 3.63) is 77.9 Å². The van der Waals surface area contributed by atoms with Gasteiger partial charge in [0.2, 0.25) is 5.91 Å². The second-order valence-corrected chi connectivity index (χ2v) is 7.96. The van der Waals surface area contributed by atoms with Crippen LogP contribution in [0.2, 0.25) is 0 Å². The first kappa shape index (κ1) is 23.8. The van der Waals surface area contributed by atoms with Crippen LogP contribution in [0, 0.1) is 6.92 Å². The van der Waals surface area contributed by atoms with E-state index < -0.39 is 0 Å². The van der Waals surface area contributed by atoms with Gasteiger partial charge < -0.3 is 15.0 Å². The van der Waals surface area contributed by atoms with Crippen LogP contribution in [-0.4, -0.2) is 41.7 Å². The van der Waals surface area contributed by atoms with Gasteiger partial charge in [-0.2, -0.15) is 13.5 Å². The van der Waals surface area contributed by atoms with Gasteiger partial charge in [-0.25, -0.2) is 0 Å². The van der Waals surface area contributed by atoms with Crippen molar-refractivity contribution in [1.29, 1.82) is 0 Å². The molecule has 1 aromatic carbocycles. The average Bonchev–Trinajstić information content (AvgIpc) is 2.79. The molecule has 3 heterocycles. The molecule has 6 nitrogen and oxygen atoms in total. The number of ether oxygens (including phenoxy) is 1. The number of pyridine rings is 2. The van der Waals surface area contributed by atoms with Crippen LogP contribution in [0.25, 0.3) is 11.1 Å². The van der Waals surface area contributed by atoms with E-state index >= 15 is 0 Å². The number of aryl methyl sites for hydroxylation is 1. The van der Waals surface area contributed by atoms with Crippen molar-refractivity contribution in [3.63, 3.8) is 0 Å². The van der Waals surface area contributed by atoms with Crippen molar-refractivity contribution in [3.8, 4) is 11.1 Å². The highest BCUT2D eigenvalue weighted by Gasteiger charge is 2.19. The van der Waals surface area contributed by atoms with Gasteiger partial charge >= 0.3 is 0 Å². The van der Waals surface area contributed by atoms with E-state index in [1.807, 2.05) is 30.5 Å². The molecule has 1 aliphatic heterocycles. The van der Waals surface area contributed by atoms with Crippen molar-refractivity contribution >= 4 is 25.1 Å². The number of aromatic nitrogens is 2. The molecule has 1 aliphatic rings. The maximum absolute atomic E-state index is 12.2. The third kappa shape index (κ3) is 5.87. The standard InChI is InChI=1S/C25H28N4O2.H2S/c1-18-13-23(29-11-12-31-17-19(29)2)5-6-24(18)21-3-4-22(27-16-21)14-25(30)28-15-20-7-9-26-10-8-20;/h3-10,13,16,19H,11-12,14-15,17H2,1-2H3,(H,28,30);1H2/t19-;/m0./s1. The van der Waals surface area contributed by atoms with E-state index in [2.05, 4.69) is 52.2 Å². The Morgan fingerprint density at radius 2 is 2.00 bits per heavy atom. The van der Waals surface area contributed by atoms with Crippen molar-refractivity contribution in [1.82, 2.24) is 15.3 Å². The Bertz CT molecular complexity index is 1030. The van der Waals surface area contributed by atoms with Crippen molar-refractivity contribution in [2.75, 3.05) is 24.7 Å². The monoisotopic (exact) mass is 450 g/mol. The number of amides is 1. The lowest BCUT2D eigenvalue weighted by Gasteiger charge is -2.35. The van der Waals surface area contributed by atoms with Gasteiger partial charge in [-0.15, -0.1) is 0 Å². The number of morpholine rings is 1. The summed E-state index contributed by atoms with van der Waals surface area (Å²) >= 11 is 0. The number of nitrogens with one attached hydrogen (secondary N) is 1. The van der Waals surface area contributed by atoms with Crippen molar-refractivity contribution in [2.45, 2.75) is 32.9 Å². The van der Waals surface area contributed by atoms with Crippen molar-refractivity contribution < 1.29 is 9.53 Å². The molecule has 2 aromatic heterocycles. The highest BCUT2D eigenvalue weighted by molar-refractivity contribution is 7.59. The lowest BCUT2D eigenvalue weighted by atomic mass is 10.00. The highest BCUT2D eigenvalue weighted by Crippen LogP contribution is 2.28. The van der Waals surface area contributed by atoms with Gasteiger partial charge in [0.05, 0.1) is 19.6 Å². The predicted octanol–water partition coefficient (Wildman–Crippen LogP) is 3.65. The predicted molar refractivity (Wildman–Crippen MR) is 132 cm³/mol. The zero-order valence-electron chi connectivity index (χ0n) is 18.5. The first-order valence-corrected chi connectivity index (χ1v) is 10.7. The maximum atomic E-state index is 12.2. The second-order valence-electron chi connectivity index (χ2n) is 7.96. The van der Waals surface area contributed by atoms with Gasteiger partial charge in [0, 0.05) is 54.7 Å². The summed E-state index contributed by atoms with van der Waals surface area (Å²) in [7, 11) is 0. The molecular formula is C25H30N4O2S. The van der Waals surface area contributed by atoms with E-state index in [9.17, 15) is 4.79 Å². The van der Waals surface area contributed by atoms with E-state index in [0.717, 1.165) is 42.1 Å². The molecule has 1 atom stereocenters. The molecule has 0 spiro atoms. The topological polar surface area (TPSA) is 67.3 Å². The van der Waals surface area contributed by atoms with Crippen LogP contribution in [-0.2, 0) is 22.5 Å². The molecule has 1 N–H and O–H groups in total. The van der Waals surface area contributed by atoms with Crippen LogP contribution in [0.3, 0.4) is 0 Å². The molecule has 7 heteroatoms. The van der Waals surface area contributed by atoms with E-state index in [4.69, 9.17) is 4.74 Å². The molecule has 1 saturated heterocycles. The van der Waals surface area contributed by atoms with E-state index in [-0.39, 0.29) is 25.8 Å². The molecule has 4 rings (SSSR count). The van der Waals surface area contributed by atoms with E-state index in [1.165, 1.54) is 11.3 Å². The number of hydrogen-bond acceptors (Lipinski definition) is 5. The highest BCUT2D eigenvalue weighted by atomic mass is 32.1. The summed E-state index contributed by atoms with van der Waals surface area (Å²) in [5.74, 6) is -0.0442. The molecule has 32 heavy (non-hydrogen) atoms. The largest absolute Gasteiger partial charge is 0.377 e. The van der Waals surface area contributed by atoms with Crippen LogP contribution in [0.5, 0.6) is 0 Å². The lowest BCUT2D eigenvalue weighted by Crippen LogP contribution is -2.43. The minimum Gasteiger partial charge on any atom is -0.377 e. The number of hydrogen-bond donors (Lipinski definition) is 1. The summed E-state index contributed by atoms with van der Waals surface area (Å²) in [6.07, 6.45) is 5.55. The van der Waals surface area contributed by atoms with E-state index in [0.29, 0.717) is 12.6 Å². The fraction of sp³-hybridized carbons (Fsp3) is 0.320. The molecule has 0 aliphatic carbocycles. The first-order chi connectivity index (χ1) is 15.1. The fourth-order valence-electron chi connectivity index (χ4n) is 3.88. The molecule has 1 fully saturated rings. The number of nitrogens with zero attached hydrogens (tertiary/aromatic N) is 3. The van der Waals surface area contributed by atoms with Crippen LogP contribution in [0.4, 0.5) is 5.69 Å². The van der Waals surface area contributed by atoms with Gasteiger partial charge in [0.15, 0.2) is 0 Å². The Morgan fingerprint density at radius 1 is 1.19 bits per heavy atom. The van der Waals surface area contributed by atoms with Gasteiger partial charge in [-0.3, -0.25) is 14.8 Å². The summed E-state index contributed by atoms with van der Waals surface area (Å²) in [5, 5.41) is 2.92. The average molecular weight is 451 g/mol. The lowest BCUT2D eigenvalue weighted by molar-refractivity contribution is -0.120. The van der Waals surface area contributed by atoms with Gasteiger partial charge in [-0.05, 0) is 60.9 Å².